The number of fused-ring (bicyclic) bond motifs is 1. The third-order valence-corrected chi connectivity index (χ3v) is 5.97. The van der Waals surface area contributed by atoms with E-state index in [9.17, 15) is 4.79 Å². The lowest BCUT2D eigenvalue weighted by Crippen LogP contribution is -2.13. The molecule has 0 fully saturated rings. The molecule has 0 atom stereocenters. The molecule has 0 spiro atoms. The van der Waals surface area contributed by atoms with Gasteiger partial charge in [-0.05, 0) is 48.5 Å². The molecule has 4 nitrogen and oxygen atoms in total. The number of methoxy groups -OCH3 is 1. The summed E-state index contributed by atoms with van der Waals surface area (Å²) in [5.41, 5.74) is 2.97. The normalized spacial score (nSPS) is 10.8. The van der Waals surface area contributed by atoms with E-state index in [1.165, 1.54) is 0 Å². The number of anilines is 1. The van der Waals surface area contributed by atoms with Crippen LogP contribution in [-0.4, -0.2) is 18.0 Å². The van der Waals surface area contributed by atoms with Gasteiger partial charge in [0.05, 0.1) is 22.9 Å². The molecule has 0 saturated carbocycles. The summed E-state index contributed by atoms with van der Waals surface area (Å²) in [7, 11) is 1.54. The van der Waals surface area contributed by atoms with Crippen LogP contribution in [0.3, 0.4) is 0 Å². The number of benzene rings is 3. The van der Waals surface area contributed by atoms with E-state index >= 15 is 0 Å². The van der Waals surface area contributed by atoms with E-state index in [0.717, 1.165) is 25.3 Å². The van der Waals surface area contributed by atoms with Crippen LogP contribution < -0.4 is 10.1 Å². The highest BCUT2D eigenvalue weighted by Crippen LogP contribution is 2.32. The Morgan fingerprint density at radius 3 is 2.64 bits per heavy atom. The predicted molar refractivity (Wildman–Crippen MR) is 119 cm³/mol. The number of aromatic nitrogens is 1. The van der Waals surface area contributed by atoms with Crippen LogP contribution in [0.15, 0.2) is 65.1 Å². The number of nitrogens with zero attached hydrogens (tertiary/aromatic N) is 1. The highest BCUT2D eigenvalue weighted by Gasteiger charge is 2.14. The number of nitrogens with one attached hydrogen (secondary N) is 1. The Hall–Kier alpha value is -2.41. The number of hydrogen-bond acceptors (Lipinski definition) is 4. The quantitative estimate of drug-likeness (QED) is 0.361. The Kier molecular flexibility index (Phi) is 5.35. The molecule has 0 unspecified atom stereocenters. The second-order valence-corrected chi connectivity index (χ2v) is 8.39. The Morgan fingerprint density at radius 1 is 1.11 bits per heavy atom. The maximum Gasteiger partial charge on any atom is 0.259 e. The molecule has 1 N–H and O–H groups in total. The minimum atomic E-state index is -0.245. The zero-order valence-corrected chi connectivity index (χ0v) is 17.9. The van der Waals surface area contributed by atoms with Crippen LogP contribution in [0.4, 0.5) is 5.69 Å². The van der Waals surface area contributed by atoms with Gasteiger partial charge in [-0.25, -0.2) is 4.98 Å². The fraction of sp³-hybridized carbons (Fsp3) is 0.0476. The molecule has 3 aromatic carbocycles. The summed E-state index contributed by atoms with van der Waals surface area (Å²) in [5.74, 6) is 0.270. The third kappa shape index (κ3) is 3.90. The maximum atomic E-state index is 12.7. The van der Waals surface area contributed by atoms with Gasteiger partial charge < -0.3 is 10.1 Å². The fourth-order valence-electron chi connectivity index (χ4n) is 2.78. The summed E-state index contributed by atoms with van der Waals surface area (Å²) in [4.78, 5) is 17.4. The highest BCUT2D eigenvalue weighted by molar-refractivity contribution is 9.10. The van der Waals surface area contributed by atoms with Gasteiger partial charge in [-0.2, -0.15) is 0 Å². The first-order chi connectivity index (χ1) is 13.5. The molecule has 7 heteroatoms. The van der Waals surface area contributed by atoms with Gasteiger partial charge in [-0.3, -0.25) is 4.79 Å². The van der Waals surface area contributed by atoms with Crippen molar-refractivity contribution in [1.82, 2.24) is 4.98 Å². The van der Waals surface area contributed by atoms with E-state index in [1.54, 1.807) is 30.6 Å². The summed E-state index contributed by atoms with van der Waals surface area (Å²) in [5, 5.41) is 4.51. The van der Waals surface area contributed by atoms with Crippen LogP contribution in [0.2, 0.25) is 5.02 Å². The molecule has 1 amide bonds. The van der Waals surface area contributed by atoms with Crippen molar-refractivity contribution in [3.05, 3.63) is 75.7 Å². The standard InChI is InChI=1S/C21H14BrClN2O2S/c1-27-18-8-4-13(22)10-16(18)20(26)24-15-7-9-19-17(11-15)25-21(28-19)12-2-5-14(23)6-3-12/h2-11H,1H3,(H,24,26). The molecule has 0 aliphatic carbocycles. The molecule has 28 heavy (non-hydrogen) atoms. The van der Waals surface area contributed by atoms with Gasteiger partial charge in [-0.1, -0.05) is 39.7 Å². The first kappa shape index (κ1) is 18.9. The summed E-state index contributed by atoms with van der Waals surface area (Å²) in [6.45, 7) is 0. The maximum absolute atomic E-state index is 12.7. The zero-order chi connectivity index (χ0) is 19.7. The zero-order valence-electron chi connectivity index (χ0n) is 14.7. The number of carbonyl (C=O) groups excluding carboxylic acids is 1. The van der Waals surface area contributed by atoms with Gasteiger partial charge in [0.15, 0.2) is 0 Å². The van der Waals surface area contributed by atoms with Crippen molar-refractivity contribution in [3.8, 4) is 16.3 Å². The highest BCUT2D eigenvalue weighted by atomic mass is 79.9. The molecule has 1 heterocycles. The average Bonchev–Trinajstić information content (AvgIpc) is 3.11. The number of halogens is 2. The Labute approximate surface area is 179 Å². The van der Waals surface area contributed by atoms with Crippen LogP contribution >= 0.6 is 38.9 Å². The van der Waals surface area contributed by atoms with Crippen LogP contribution in [-0.2, 0) is 0 Å². The van der Waals surface area contributed by atoms with Crippen molar-refractivity contribution in [3.63, 3.8) is 0 Å². The lowest BCUT2D eigenvalue weighted by atomic mass is 10.2. The molecule has 0 bridgehead atoms. The van der Waals surface area contributed by atoms with Crippen molar-refractivity contribution in [1.29, 1.82) is 0 Å². The topological polar surface area (TPSA) is 51.2 Å². The molecule has 4 aromatic rings. The SMILES string of the molecule is COc1ccc(Br)cc1C(=O)Nc1ccc2sc(-c3ccc(Cl)cc3)nc2c1. The molecule has 0 saturated heterocycles. The Morgan fingerprint density at radius 2 is 1.89 bits per heavy atom. The number of ether oxygens (including phenoxy) is 1. The fourth-order valence-corrected chi connectivity index (χ4v) is 4.22. The predicted octanol–water partition coefficient (Wildman–Crippen LogP) is 6.64. The van der Waals surface area contributed by atoms with Gasteiger partial charge in [-0.15, -0.1) is 11.3 Å². The largest absolute Gasteiger partial charge is 0.496 e. The Bertz CT molecular complexity index is 1170. The van der Waals surface area contributed by atoms with Crippen LogP contribution in [0.1, 0.15) is 10.4 Å². The molecule has 0 radical (unpaired) electrons. The van der Waals surface area contributed by atoms with Crippen LogP contribution in [0.25, 0.3) is 20.8 Å². The number of carbonyl (C=O) groups is 1. The van der Waals surface area contributed by atoms with Crippen LogP contribution in [0, 0.1) is 0 Å². The van der Waals surface area contributed by atoms with E-state index in [-0.39, 0.29) is 5.91 Å². The van der Waals surface area contributed by atoms with E-state index in [0.29, 0.717) is 22.0 Å². The molecular formula is C21H14BrClN2O2S. The van der Waals surface area contributed by atoms with Crippen LogP contribution in [0.5, 0.6) is 5.75 Å². The molecule has 4 rings (SSSR count). The second-order valence-electron chi connectivity index (χ2n) is 6.01. The molecule has 0 aliphatic rings. The number of hydrogen-bond donors (Lipinski definition) is 1. The van der Waals surface area contributed by atoms with E-state index < -0.39 is 0 Å². The lowest BCUT2D eigenvalue weighted by Gasteiger charge is -2.09. The first-order valence-electron chi connectivity index (χ1n) is 8.35. The van der Waals surface area contributed by atoms with Crippen molar-refractivity contribution in [2.45, 2.75) is 0 Å². The molecule has 1 aromatic heterocycles. The van der Waals surface area contributed by atoms with Crippen molar-refractivity contribution >= 4 is 60.7 Å². The van der Waals surface area contributed by atoms with Gasteiger partial charge in [0.2, 0.25) is 0 Å². The lowest BCUT2D eigenvalue weighted by molar-refractivity contribution is 0.102. The van der Waals surface area contributed by atoms with Gasteiger partial charge in [0.1, 0.15) is 10.8 Å². The summed E-state index contributed by atoms with van der Waals surface area (Å²) < 4.78 is 7.14. The second kappa shape index (κ2) is 7.91. The summed E-state index contributed by atoms with van der Waals surface area (Å²) >= 11 is 10.9. The molecule has 0 aliphatic heterocycles. The van der Waals surface area contributed by atoms with E-state index in [1.807, 2.05) is 48.5 Å². The first-order valence-corrected chi connectivity index (χ1v) is 10.3. The number of amides is 1. The molecule has 140 valence electrons. The summed E-state index contributed by atoms with van der Waals surface area (Å²) in [6, 6.07) is 18.6. The van der Waals surface area contributed by atoms with Gasteiger partial charge in [0.25, 0.3) is 5.91 Å². The number of thiazole rings is 1. The summed E-state index contributed by atoms with van der Waals surface area (Å²) in [6.07, 6.45) is 0. The van der Waals surface area contributed by atoms with E-state index in [4.69, 9.17) is 21.3 Å². The van der Waals surface area contributed by atoms with Crippen molar-refractivity contribution < 1.29 is 9.53 Å². The van der Waals surface area contributed by atoms with E-state index in [2.05, 4.69) is 21.2 Å². The number of rotatable bonds is 4. The smallest absolute Gasteiger partial charge is 0.259 e. The van der Waals surface area contributed by atoms with Crippen molar-refractivity contribution in [2.24, 2.45) is 0 Å². The van der Waals surface area contributed by atoms with Crippen molar-refractivity contribution in [2.75, 3.05) is 12.4 Å². The van der Waals surface area contributed by atoms with Gasteiger partial charge >= 0.3 is 0 Å². The average molecular weight is 474 g/mol. The monoisotopic (exact) mass is 472 g/mol. The van der Waals surface area contributed by atoms with Gasteiger partial charge in [0, 0.05) is 20.7 Å². The third-order valence-electron chi connectivity index (χ3n) is 4.14. The molecular weight excluding hydrogens is 460 g/mol. The Balaban J connectivity index is 1.62. The minimum absolute atomic E-state index is 0.245. The minimum Gasteiger partial charge on any atom is -0.496 e.